The van der Waals surface area contributed by atoms with Crippen molar-refractivity contribution >= 4 is 32.7 Å². The molecule has 2 N–H and O–H groups in total. The highest BCUT2D eigenvalue weighted by Gasteiger charge is 2.26. The van der Waals surface area contributed by atoms with Gasteiger partial charge in [-0.2, -0.15) is 4.31 Å². The number of hydrogen-bond acceptors (Lipinski definition) is 8. The van der Waals surface area contributed by atoms with Gasteiger partial charge in [0.05, 0.1) is 23.6 Å². The van der Waals surface area contributed by atoms with Crippen LogP contribution in [0.5, 0.6) is 0 Å². The molecule has 2 heterocycles. The highest BCUT2D eigenvalue weighted by atomic mass is 32.2. The molecule has 10 heteroatoms. The number of benzene rings is 2. The van der Waals surface area contributed by atoms with Crippen LogP contribution in [-0.4, -0.2) is 55.0 Å². The van der Waals surface area contributed by atoms with E-state index < -0.39 is 16.0 Å². The van der Waals surface area contributed by atoms with E-state index in [-0.39, 0.29) is 17.9 Å². The molecule has 0 amide bonds. The molecule has 168 valence electrons. The third-order valence-corrected chi connectivity index (χ3v) is 7.10. The Balaban J connectivity index is 1.30. The molecule has 32 heavy (non-hydrogen) atoms. The van der Waals surface area contributed by atoms with E-state index in [1.807, 2.05) is 24.3 Å². The molecule has 1 aromatic heterocycles. The Kier molecular flexibility index (Phi) is 6.63. The molecule has 1 saturated heterocycles. The van der Waals surface area contributed by atoms with Gasteiger partial charge in [-0.3, -0.25) is 4.79 Å². The van der Waals surface area contributed by atoms with Crippen molar-refractivity contribution in [3.63, 3.8) is 0 Å². The summed E-state index contributed by atoms with van der Waals surface area (Å²) in [6.45, 7) is 1.43. The smallest absolute Gasteiger partial charge is 0.306 e. The number of carbonyl (C=O) groups excluding carboxylic acids is 1. The molecule has 9 nitrogen and oxygen atoms in total. The van der Waals surface area contributed by atoms with Crippen LogP contribution in [-0.2, 0) is 37.3 Å². The van der Waals surface area contributed by atoms with Crippen molar-refractivity contribution in [1.82, 2.24) is 14.3 Å². The topological polar surface area (TPSA) is 125 Å². The Hall–Kier alpha value is -3.08. The standard InChI is InChI=1S/C22H24N4O5S/c23-22-18-3-1-2-4-19(18)24-20(25-22)15-31-21(27)10-7-16-5-8-17(9-6-16)32(28,29)26-11-13-30-14-12-26/h1-6,8-9H,7,10-15H2,(H2,23,24,25). The zero-order chi connectivity index (χ0) is 22.6. The van der Waals surface area contributed by atoms with Crippen LogP contribution in [0, 0.1) is 0 Å². The molecule has 2 aromatic carbocycles. The quantitative estimate of drug-likeness (QED) is 0.535. The first-order chi connectivity index (χ1) is 15.4. The Morgan fingerprint density at radius 1 is 1.06 bits per heavy atom. The van der Waals surface area contributed by atoms with Gasteiger partial charge in [0.15, 0.2) is 12.4 Å². The van der Waals surface area contributed by atoms with Gasteiger partial charge in [-0.15, -0.1) is 0 Å². The zero-order valence-corrected chi connectivity index (χ0v) is 18.3. The number of carbonyl (C=O) groups is 1. The van der Waals surface area contributed by atoms with E-state index in [0.717, 1.165) is 10.9 Å². The first kappa shape index (κ1) is 22.1. The average Bonchev–Trinajstić information content (AvgIpc) is 2.82. The highest BCUT2D eigenvalue weighted by Crippen LogP contribution is 2.19. The summed E-state index contributed by atoms with van der Waals surface area (Å²) in [6.07, 6.45) is 0.579. The minimum atomic E-state index is -3.53. The Labute approximate surface area is 186 Å². The molecule has 0 bridgehead atoms. The maximum absolute atomic E-state index is 12.7. The van der Waals surface area contributed by atoms with Gasteiger partial charge in [0.2, 0.25) is 10.0 Å². The summed E-state index contributed by atoms with van der Waals surface area (Å²) < 4.78 is 37.2. The lowest BCUT2D eigenvalue weighted by atomic mass is 10.1. The fourth-order valence-corrected chi connectivity index (χ4v) is 4.85. The molecule has 1 aliphatic heterocycles. The van der Waals surface area contributed by atoms with Crippen LogP contribution in [0.4, 0.5) is 5.82 Å². The number of rotatable bonds is 7. The van der Waals surface area contributed by atoms with Gasteiger partial charge in [-0.05, 0) is 36.2 Å². The number of esters is 1. The number of sulfonamides is 1. The lowest BCUT2D eigenvalue weighted by Gasteiger charge is -2.26. The predicted molar refractivity (Wildman–Crippen MR) is 118 cm³/mol. The number of nitrogen functional groups attached to an aromatic ring is 1. The van der Waals surface area contributed by atoms with Crippen molar-refractivity contribution in [3.05, 3.63) is 59.9 Å². The first-order valence-corrected chi connectivity index (χ1v) is 11.7. The highest BCUT2D eigenvalue weighted by molar-refractivity contribution is 7.89. The van der Waals surface area contributed by atoms with Crippen LogP contribution in [0.15, 0.2) is 53.4 Å². The summed E-state index contributed by atoms with van der Waals surface area (Å²) in [5.74, 6) is 0.284. The fourth-order valence-electron chi connectivity index (χ4n) is 3.44. The van der Waals surface area contributed by atoms with Crippen molar-refractivity contribution in [2.24, 2.45) is 0 Å². The predicted octanol–water partition coefficient (Wildman–Crippen LogP) is 1.91. The summed E-state index contributed by atoms with van der Waals surface area (Å²) in [5.41, 5.74) is 7.48. The van der Waals surface area contributed by atoms with E-state index in [0.29, 0.717) is 49.9 Å². The van der Waals surface area contributed by atoms with Crippen LogP contribution in [0.25, 0.3) is 10.9 Å². The Morgan fingerprint density at radius 2 is 1.78 bits per heavy atom. The number of para-hydroxylation sites is 1. The monoisotopic (exact) mass is 456 g/mol. The second-order valence-corrected chi connectivity index (χ2v) is 9.30. The lowest BCUT2D eigenvalue weighted by Crippen LogP contribution is -2.40. The molecule has 0 saturated carbocycles. The van der Waals surface area contributed by atoms with Crippen LogP contribution in [0.2, 0.25) is 0 Å². The molecule has 0 spiro atoms. The van der Waals surface area contributed by atoms with Gasteiger partial charge in [0.1, 0.15) is 5.82 Å². The normalized spacial score (nSPS) is 15.0. The van der Waals surface area contributed by atoms with Gasteiger partial charge in [0.25, 0.3) is 0 Å². The van der Waals surface area contributed by atoms with Crippen molar-refractivity contribution in [3.8, 4) is 0 Å². The Bertz CT molecular complexity index is 1210. The number of aromatic nitrogens is 2. The largest absolute Gasteiger partial charge is 0.457 e. The van der Waals surface area contributed by atoms with Crippen LogP contribution in [0.1, 0.15) is 17.8 Å². The maximum atomic E-state index is 12.7. The third-order valence-electron chi connectivity index (χ3n) is 5.19. The van der Waals surface area contributed by atoms with E-state index in [2.05, 4.69) is 9.97 Å². The molecule has 0 aliphatic carbocycles. The van der Waals surface area contributed by atoms with E-state index in [1.165, 1.54) is 4.31 Å². The molecule has 0 radical (unpaired) electrons. The van der Waals surface area contributed by atoms with Crippen molar-refractivity contribution < 1.29 is 22.7 Å². The molecule has 3 aromatic rings. The second kappa shape index (κ2) is 9.60. The number of fused-ring (bicyclic) bond motifs is 1. The minimum Gasteiger partial charge on any atom is -0.457 e. The molecule has 1 aliphatic rings. The summed E-state index contributed by atoms with van der Waals surface area (Å²) >= 11 is 0. The van der Waals surface area contributed by atoms with Crippen molar-refractivity contribution in [2.45, 2.75) is 24.3 Å². The second-order valence-electron chi connectivity index (χ2n) is 7.36. The van der Waals surface area contributed by atoms with E-state index in [4.69, 9.17) is 15.2 Å². The molecular weight excluding hydrogens is 432 g/mol. The molecule has 0 unspecified atom stereocenters. The fraction of sp³-hybridized carbons (Fsp3) is 0.318. The number of nitrogens with zero attached hydrogens (tertiary/aromatic N) is 3. The maximum Gasteiger partial charge on any atom is 0.306 e. The average molecular weight is 457 g/mol. The summed E-state index contributed by atoms with van der Waals surface area (Å²) in [6, 6.07) is 13.9. The van der Waals surface area contributed by atoms with E-state index in [1.54, 1.807) is 24.3 Å². The SMILES string of the molecule is Nc1nc(COC(=O)CCc2ccc(S(=O)(=O)N3CCOCC3)cc2)nc2ccccc12. The summed E-state index contributed by atoms with van der Waals surface area (Å²) in [7, 11) is -3.53. The number of hydrogen-bond donors (Lipinski definition) is 1. The number of morpholine rings is 1. The van der Waals surface area contributed by atoms with Crippen LogP contribution >= 0.6 is 0 Å². The van der Waals surface area contributed by atoms with Crippen LogP contribution in [0.3, 0.4) is 0 Å². The van der Waals surface area contributed by atoms with Crippen LogP contribution < -0.4 is 5.73 Å². The number of anilines is 1. The summed E-state index contributed by atoms with van der Waals surface area (Å²) in [4.78, 5) is 20.9. The molecule has 0 atom stereocenters. The van der Waals surface area contributed by atoms with E-state index in [9.17, 15) is 13.2 Å². The first-order valence-electron chi connectivity index (χ1n) is 10.3. The summed E-state index contributed by atoms with van der Waals surface area (Å²) in [5, 5.41) is 0.752. The number of ether oxygens (including phenoxy) is 2. The minimum absolute atomic E-state index is 0.0649. The van der Waals surface area contributed by atoms with Gasteiger partial charge in [0, 0.05) is 24.9 Å². The van der Waals surface area contributed by atoms with Crippen molar-refractivity contribution in [1.29, 1.82) is 0 Å². The third kappa shape index (κ3) is 5.04. The zero-order valence-electron chi connectivity index (χ0n) is 17.4. The van der Waals surface area contributed by atoms with Gasteiger partial charge in [-0.1, -0.05) is 24.3 Å². The van der Waals surface area contributed by atoms with Gasteiger partial charge < -0.3 is 15.2 Å². The number of aryl methyl sites for hydroxylation is 1. The number of nitrogens with two attached hydrogens (primary N) is 1. The molecule has 4 rings (SSSR count). The van der Waals surface area contributed by atoms with Gasteiger partial charge >= 0.3 is 5.97 Å². The molecular formula is C22H24N4O5S. The van der Waals surface area contributed by atoms with Gasteiger partial charge in [-0.25, -0.2) is 18.4 Å². The Morgan fingerprint density at radius 3 is 2.53 bits per heavy atom. The van der Waals surface area contributed by atoms with Crippen molar-refractivity contribution in [2.75, 3.05) is 32.0 Å². The lowest BCUT2D eigenvalue weighted by molar-refractivity contribution is -0.145. The van der Waals surface area contributed by atoms with E-state index >= 15 is 0 Å². The molecule has 1 fully saturated rings.